The standard InChI is InChI=1S/C10H13BrN2O3/c1-15-8-4-12-3-7(8)13-10(14)6-2-9(11)16-5-6/h2,5,7-8,12H,3-4H2,1H3,(H,13,14)/t7-,8+/m1/s1. The van der Waals surface area contributed by atoms with Crippen molar-refractivity contribution in [3.8, 4) is 0 Å². The molecule has 0 spiro atoms. The second kappa shape index (κ2) is 4.99. The van der Waals surface area contributed by atoms with Crippen LogP contribution in [0, 0.1) is 0 Å². The molecule has 2 atom stereocenters. The molecular weight excluding hydrogens is 276 g/mol. The zero-order chi connectivity index (χ0) is 11.5. The normalized spacial score (nSPS) is 24.6. The summed E-state index contributed by atoms with van der Waals surface area (Å²) in [6, 6.07) is 1.64. The Balaban J connectivity index is 1.97. The molecule has 5 nitrogen and oxygen atoms in total. The van der Waals surface area contributed by atoms with Crippen molar-refractivity contribution in [1.82, 2.24) is 10.6 Å². The van der Waals surface area contributed by atoms with E-state index in [2.05, 4.69) is 26.6 Å². The van der Waals surface area contributed by atoms with E-state index < -0.39 is 0 Å². The third kappa shape index (κ3) is 2.45. The molecule has 0 aliphatic carbocycles. The molecule has 88 valence electrons. The number of rotatable bonds is 3. The topological polar surface area (TPSA) is 63.5 Å². The molecule has 0 unspecified atom stereocenters. The Kier molecular flexibility index (Phi) is 3.63. The van der Waals surface area contributed by atoms with Gasteiger partial charge in [0.2, 0.25) is 0 Å². The molecule has 2 rings (SSSR count). The fraction of sp³-hybridized carbons (Fsp3) is 0.500. The number of hydrogen-bond acceptors (Lipinski definition) is 4. The first kappa shape index (κ1) is 11.6. The van der Waals surface area contributed by atoms with Gasteiger partial charge in [0.15, 0.2) is 4.67 Å². The lowest BCUT2D eigenvalue weighted by Crippen LogP contribution is -2.43. The monoisotopic (exact) mass is 288 g/mol. The average molecular weight is 289 g/mol. The van der Waals surface area contributed by atoms with Gasteiger partial charge in [-0.05, 0) is 15.9 Å². The average Bonchev–Trinajstić information content (AvgIpc) is 2.86. The van der Waals surface area contributed by atoms with E-state index in [1.165, 1.54) is 6.26 Å². The molecule has 1 aromatic rings. The fourth-order valence-corrected chi connectivity index (χ4v) is 2.07. The number of nitrogens with one attached hydrogen (secondary N) is 2. The van der Waals surface area contributed by atoms with Crippen molar-refractivity contribution >= 4 is 21.8 Å². The Morgan fingerprint density at radius 1 is 1.69 bits per heavy atom. The summed E-state index contributed by atoms with van der Waals surface area (Å²) in [5.74, 6) is -0.148. The molecule has 0 bridgehead atoms. The lowest BCUT2D eigenvalue weighted by Gasteiger charge is -2.17. The molecule has 1 saturated heterocycles. The molecule has 2 heterocycles. The van der Waals surface area contributed by atoms with E-state index in [1.54, 1.807) is 13.2 Å². The molecule has 6 heteroatoms. The molecule has 2 N–H and O–H groups in total. The van der Waals surface area contributed by atoms with Gasteiger partial charge in [-0.2, -0.15) is 0 Å². The molecule has 1 aromatic heterocycles. The van der Waals surface area contributed by atoms with Crippen molar-refractivity contribution in [3.05, 3.63) is 22.6 Å². The molecule has 1 fully saturated rings. The third-order valence-corrected chi connectivity index (χ3v) is 3.02. The van der Waals surface area contributed by atoms with Crippen LogP contribution in [0.15, 0.2) is 21.4 Å². The third-order valence-electron chi connectivity index (χ3n) is 2.61. The van der Waals surface area contributed by atoms with Crippen LogP contribution >= 0.6 is 15.9 Å². The van der Waals surface area contributed by atoms with E-state index in [0.717, 1.165) is 13.1 Å². The second-order valence-corrected chi connectivity index (χ2v) is 4.43. The van der Waals surface area contributed by atoms with Crippen LogP contribution in [-0.4, -0.2) is 38.3 Å². The van der Waals surface area contributed by atoms with Gasteiger partial charge in [-0.15, -0.1) is 0 Å². The van der Waals surface area contributed by atoms with Crippen LogP contribution in [0.2, 0.25) is 0 Å². The van der Waals surface area contributed by atoms with Gasteiger partial charge in [0, 0.05) is 26.3 Å². The first-order valence-corrected chi connectivity index (χ1v) is 5.78. The zero-order valence-corrected chi connectivity index (χ0v) is 10.4. The molecule has 0 aromatic carbocycles. The minimum Gasteiger partial charge on any atom is -0.457 e. The molecule has 1 aliphatic rings. The van der Waals surface area contributed by atoms with Gasteiger partial charge >= 0.3 is 0 Å². The lowest BCUT2D eigenvalue weighted by atomic mass is 10.2. The highest BCUT2D eigenvalue weighted by Crippen LogP contribution is 2.14. The van der Waals surface area contributed by atoms with Gasteiger partial charge in [0.05, 0.1) is 17.7 Å². The van der Waals surface area contributed by atoms with E-state index in [4.69, 9.17) is 9.15 Å². The number of amides is 1. The highest BCUT2D eigenvalue weighted by Gasteiger charge is 2.28. The number of halogens is 1. The van der Waals surface area contributed by atoms with Crippen LogP contribution in [0.5, 0.6) is 0 Å². The number of carbonyl (C=O) groups excluding carboxylic acids is 1. The maximum Gasteiger partial charge on any atom is 0.254 e. The van der Waals surface area contributed by atoms with Gasteiger partial charge in [-0.3, -0.25) is 4.79 Å². The molecule has 16 heavy (non-hydrogen) atoms. The Labute approximate surface area is 102 Å². The Bertz CT molecular complexity index is 380. The molecular formula is C10H13BrN2O3. The second-order valence-electron chi connectivity index (χ2n) is 3.65. The van der Waals surface area contributed by atoms with E-state index in [9.17, 15) is 4.79 Å². The number of furan rings is 1. The largest absolute Gasteiger partial charge is 0.457 e. The Morgan fingerprint density at radius 2 is 2.50 bits per heavy atom. The highest BCUT2D eigenvalue weighted by atomic mass is 79.9. The molecule has 0 saturated carbocycles. The van der Waals surface area contributed by atoms with Gasteiger partial charge in [-0.1, -0.05) is 0 Å². The van der Waals surface area contributed by atoms with E-state index >= 15 is 0 Å². The van der Waals surface area contributed by atoms with Crippen LogP contribution in [0.3, 0.4) is 0 Å². The van der Waals surface area contributed by atoms with E-state index in [0.29, 0.717) is 10.2 Å². The minimum atomic E-state index is -0.148. The first-order chi connectivity index (χ1) is 7.70. The van der Waals surface area contributed by atoms with Crippen molar-refractivity contribution in [2.45, 2.75) is 12.1 Å². The number of methoxy groups -OCH3 is 1. The van der Waals surface area contributed by atoms with Crippen LogP contribution in [0.4, 0.5) is 0 Å². The van der Waals surface area contributed by atoms with Crippen LogP contribution < -0.4 is 10.6 Å². The summed E-state index contributed by atoms with van der Waals surface area (Å²) in [5.41, 5.74) is 0.508. The summed E-state index contributed by atoms with van der Waals surface area (Å²) >= 11 is 3.15. The molecule has 1 amide bonds. The SMILES string of the molecule is CO[C@H]1CNC[C@H]1NC(=O)c1coc(Br)c1. The maximum absolute atomic E-state index is 11.8. The quantitative estimate of drug-likeness (QED) is 0.862. The zero-order valence-electron chi connectivity index (χ0n) is 8.83. The predicted molar refractivity (Wildman–Crippen MR) is 61.3 cm³/mol. The number of carbonyl (C=O) groups is 1. The van der Waals surface area contributed by atoms with Crippen LogP contribution in [0.25, 0.3) is 0 Å². The predicted octanol–water partition coefficient (Wildman–Crippen LogP) is 0.759. The van der Waals surface area contributed by atoms with Crippen molar-refractivity contribution in [2.24, 2.45) is 0 Å². The summed E-state index contributed by atoms with van der Waals surface area (Å²) in [5, 5.41) is 6.07. The smallest absolute Gasteiger partial charge is 0.254 e. The van der Waals surface area contributed by atoms with Crippen molar-refractivity contribution in [2.75, 3.05) is 20.2 Å². The summed E-state index contributed by atoms with van der Waals surface area (Å²) < 4.78 is 10.8. The Morgan fingerprint density at radius 3 is 3.12 bits per heavy atom. The Hall–Kier alpha value is -0.850. The van der Waals surface area contributed by atoms with Gasteiger partial charge in [-0.25, -0.2) is 0 Å². The lowest BCUT2D eigenvalue weighted by molar-refractivity contribution is 0.0779. The van der Waals surface area contributed by atoms with Crippen molar-refractivity contribution < 1.29 is 13.9 Å². The van der Waals surface area contributed by atoms with Crippen molar-refractivity contribution in [3.63, 3.8) is 0 Å². The van der Waals surface area contributed by atoms with Crippen LogP contribution in [-0.2, 0) is 4.74 Å². The van der Waals surface area contributed by atoms with Gasteiger partial charge < -0.3 is 19.8 Å². The number of ether oxygens (including phenoxy) is 1. The first-order valence-electron chi connectivity index (χ1n) is 4.99. The van der Waals surface area contributed by atoms with Gasteiger partial charge in [0.1, 0.15) is 6.26 Å². The van der Waals surface area contributed by atoms with Crippen molar-refractivity contribution in [1.29, 1.82) is 0 Å². The van der Waals surface area contributed by atoms with Gasteiger partial charge in [0.25, 0.3) is 5.91 Å². The van der Waals surface area contributed by atoms with E-state index in [-0.39, 0.29) is 18.1 Å². The molecule has 0 radical (unpaired) electrons. The molecule has 1 aliphatic heterocycles. The summed E-state index contributed by atoms with van der Waals surface area (Å²) in [7, 11) is 1.64. The fourth-order valence-electron chi connectivity index (χ4n) is 1.73. The summed E-state index contributed by atoms with van der Waals surface area (Å²) in [6.45, 7) is 1.49. The minimum absolute atomic E-state index is 0.00572. The number of hydrogen-bond donors (Lipinski definition) is 2. The summed E-state index contributed by atoms with van der Waals surface area (Å²) in [6.07, 6.45) is 1.45. The van der Waals surface area contributed by atoms with E-state index in [1.807, 2.05) is 0 Å². The van der Waals surface area contributed by atoms with Crippen LogP contribution in [0.1, 0.15) is 10.4 Å². The maximum atomic E-state index is 11.8. The summed E-state index contributed by atoms with van der Waals surface area (Å²) in [4.78, 5) is 11.8. The highest BCUT2D eigenvalue weighted by molar-refractivity contribution is 9.10.